The fourth-order valence-corrected chi connectivity index (χ4v) is 5.24. The maximum Gasteiger partial charge on any atom is 0.251 e. The van der Waals surface area contributed by atoms with Gasteiger partial charge in [-0.3, -0.25) is 4.79 Å². The Hall–Kier alpha value is -1.70. The van der Waals surface area contributed by atoms with E-state index in [-0.39, 0.29) is 16.8 Å². The average molecular weight is 379 g/mol. The van der Waals surface area contributed by atoms with Crippen molar-refractivity contribution in [2.45, 2.75) is 37.1 Å². The van der Waals surface area contributed by atoms with Crippen molar-refractivity contribution in [3.63, 3.8) is 0 Å². The van der Waals surface area contributed by atoms with Crippen LogP contribution in [0, 0.1) is 0 Å². The van der Waals surface area contributed by atoms with Crippen molar-refractivity contribution in [3.8, 4) is 0 Å². The largest absolute Gasteiger partial charge is 0.345 e. The molecule has 1 N–H and O–H groups in total. The molecule has 1 amide bonds. The third-order valence-electron chi connectivity index (χ3n) is 4.37. The monoisotopic (exact) mass is 378 g/mol. The molecular formula is C18H22N2O3S2. The zero-order valence-corrected chi connectivity index (χ0v) is 15.8. The Bertz CT molecular complexity index is 826. The third kappa shape index (κ3) is 4.11. The molecule has 5 nitrogen and oxygen atoms in total. The first kappa shape index (κ1) is 18.1. The summed E-state index contributed by atoms with van der Waals surface area (Å²) in [6.45, 7) is 3.01. The molecule has 0 radical (unpaired) electrons. The zero-order valence-electron chi connectivity index (χ0n) is 14.1. The van der Waals surface area contributed by atoms with Gasteiger partial charge in [0.2, 0.25) is 10.0 Å². The number of benzene rings is 1. The molecule has 1 aliphatic heterocycles. The second kappa shape index (κ2) is 7.68. The molecule has 2 heterocycles. The van der Waals surface area contributed by atoms with Crippen LogP contribution in [0.3, 0.4) is 0 Å². The van der Waals surface area contributed by atoms with Gasteiger partial charge < -0.3 is 5.32 Å². The Morgan fingerprint density at radius 2 is 1.92 bits per heavy atom. The van der Waals surface area contributed by atoms with Gasteiger partial charge in [-0.1, -0.05) is 18.6 Å². The molecule has 0 saturated carbocycles. The first-order valence-corrected chi connectivity index (χ1v) is 10.7. The number of hydrogen-bond acceptors (Lipinski definition) is 4. The van der Waals surface area contributed by atoms with Crippen molar-refractivity contribution in [2.75, 3.05) is 13.1 Å². The molecule has 0 aliphatic carbocycles. The minimum atomic E-state index is -3.53. The number of hydrogen-bond donors (Lipinski definition) is 1. The summed E-state index contributed by atoms with van der Waals surface area (Å²) in [7, 11) is -3.53. The average Bonchev–Trinajstić information content (AvgIpc) is 3.17. The summed E-state index contributed by atoms with van der Waals surface area (Å²) in [5.74, 6) is -0.267. The molecule has 1 aromatic heterocycles. The Balaban J connectivity index is 1.77. The third-order valence-corrected chi connectivity index (χ3v) is 7.32. The Labute approximate surface area is 152 Å². The predicted octanol–water partition coefficient (Wildman–Crippen LogP) is 3.41. The summed E-state index contributed by atoms with van der Waals surface area (Å²) < 4.78 is 27.0. The molecule has 1 unspecified atom stereocenters. The van der Waals surface area contributed by atoms with E-state index >= 15 is 0 Å². The number of thiophene rings is 1. The maximum absolute atomic E-state index is 12.8. The van der Waals surface area contributed by atoms with Gasteiger partial charge in [-0.05, 0) is 49.4 Å². The molecule has 7 heteroatoms. The standard InChI is InChI=1S/C18H22N2O3S2/c1-14(17-9-6-12-24-17)19-18(21)15-7-5-8-16(13-15)25(22,23)20-10-3-2-4-11-20/h5-9,12-14H,2-4,10-11H2,1H3,(H,19,21). The van der Waals surface area contributed by atoms with Crippen molar-refractivity contribution in [1.82, 2.24) is 9.62 Å². The highest BCUT2D eigenvalue weighted by Crippen LogP contribution is 2.22. The van der Waals surface area contributed by atoms with Crippen LogP contribution in [0.5, 0.6) is 0 Å². The van der Waals surface area contributed by atoms with E-state index in [0.717, 1.165) is 24.1 Å². The van der Waals surface area contributed by atoms with E-state index < -0.39 is 10.0 Å². The Morgan fingerprint density at radius 3 is 2.60 bits per heavy atom. The smallest absolute Gasteiger partial charge is 0.251 e. The van der Waals surface area contributed by atoms with Crippen molar-refractivity contribution >= 4 is 27.3 Å². The van der Waals surface area contributed by atoms with Crippen LogP contribution in [-0.2, 0) is 10.0 Å². The van der Waals surface area contributed by atoms with Crippen LogP contribution in [0.1, 0.15) is 47.5 Å². The molecule has 2 aromatic rings. The van der Waals surface area contributed by atoms with Crippen LogP contribution >= 0.6 is 11.3 Å². The minimum Gasteiger partial charge on any atom is -0.345 e. The number of carbonyl (C=O) groups is 1. The molecule has 1 saturated heterocycles. The number of sulfonamides is 1. The van der Waals surface area contributed by atoms with Crippen molar-refractivity contribution in [1.29, 1.82) is 0 Å². The maximum atomic E-state index is 12.8. The lowest BCUT2D eigenvalue weighted by atomic mass is 10.2. The van der Waals surface area contributed by atoms with Gasteiger partial charge in [0, 0.05) is 23.5 Å². The van der Waals surface area contributed by atoms with E-state index in [2.05, 4.69) is 5.32 Å². The summed E-state index contributed by atoms with van der Waals surface area (Å²) in [6, 6.07) is 10.1. The van der Waals surface area contributed by atoms with Gasteiger partial charge >= 0.3 is 0 Å². The van der Waals surface area contributed by atoms with Gasteiger partial charge in [0.05, 0.1) is 10.9 Å². The summed E-state index contributed by atoms with van der Waals surface area (Å²) in [5.41, 5.74) is 0.362. The van der Waals surface area contributed by atoms with Crippen LogP contribution in [0.4, 0.5) is 0 Å². The Kier molecular flexibility index (Phi) is 5.56. The highest BCUT2D eigenvalue weighted by molar-refractivity contribution is 7.89. The van der Waals surface area contributed by atoms with Gasteiger partial charge in [-0.25, -0.2) is 8.42 Å². The molecule has 1 atom stereocenters. The van der Waals surface area contributed by atoms with Gasteiger partial charge in [-0.15, -0.1) is 11.3 Å². The zero-order chi connectivity index (χ0) is 17.9. The van der Waals surface area contributed by atoms with Gasteiger partial charge in [0.1, 0.15) is 0 Å². The van der Waals surface area contributed by atoms with Crippen molar-refractivity contribution in [2.24, 2.45) is 0 Å². The lowest BCUT2D eigenvalue weighted by Gasteiger charge is -2.26. The van der Waals surface area contributed by atoms with Crippen molar-refractivity contribution in [3.05, 3.63) is 52.2 Å². The molecule has 25 heavy (non-hydrogen) atoms. The van der Waals surface area contributed by atoms with E-state index in [1.807, 2.05) is 24.4 Å². The summed E-state index contributed by atoms with van der Waals surface area (Å²) >= 11 is 1.58. The SMILES string of the molecule is CC(NC(=O)c1cccc(S(=O)(=O)N2CCCCC2)c1)c1cccs1. The highest BCUT2D eigenvalue weighted by atomic mass is 32.2. The topological polar surface area (TPSA) is 66.5 Å². The second-order valence-corrected chi connectivity index (χ2v) is 9.12. The number of nitrogens with zero attached hydrogens (tertiary/aromatic N) is 1. The lowest BCUT2D eigenvalue weighted by Crippen LogP contribution is -2.35. The molecule has 1 aromatic carbocycles. The quantitative estimate of drug-likeness (QED) is 0.867. The van der Waals surface area contributed by atoms with E-state index in [1.54, 1.807) is 29.5 Å². The van der Waals surface area contributed by atoms with Gasteiger partial charge in [-0.2, -0.15) is 4.31 Å². The highest BCUT2D eigenvalue weighted by Gasteiger charge is 2.26. The van der Waals surface area contributed by atoms with Crippen molar-refractivity contribution < 1.29 is 13.2 Å². The van der Waals surface area contributed by atoms with E-state index in [4.69, 9.17) is 0 Å². The minimum absolute atomic E-state index is 0.116. The van der Waals surface area contributed by atoms with E-state index in [0.29, 0.717) is 18.7 Å². The molecule has 0 spiro atoms. The summed E-state index contributed by atoms with van der Waals surface area (Å²) in [5, 5.41) is 4.88. The fraction of sp³-hybridized carbons (Fsp3) is 0.389. The Morgan fingerprint density at radius 1 is 1.16 bits per heavy atom. The number of piperidine rings is 1. The molecule has 134 valence electrons. The lowest BCUT2D eigenvalue weighted by molar-refractivity contribution is 0.0940. The normalized spacial score (nSPS) is 17.2. The molecule has 1 aliphatic rings. The number of amides is 1. The fourth-order valence-electron chi connectivity index (χ4n) is 2.94. The number of rotatable bonds is 5. The molecule has 3 rings (SSSR count). The van der Waals surface area contributed by atoms with Crippen LogP contribution in [0.15, 0.2) is 46.7 Å². The van der Waals surface area contributed by atoms with E-state index in [9.17, 15) is 13.2 Å². The van der Waals surface area contributed by atoms with E-state index in [1.165, 1.54) is 10.4 Å². The molecule has 1 fully saturated rings. The summed E-state index contributed by atoms with van der Waals surface area (Å²) in [4.78, 5) is 13.7. The predicted molar refractivity (Wildman–Crippen MR) is 99.3 cm³/mol. The first-order chi connectivity index (χ1) is 12.0. The molecular weight excluding hydrogens is 356 g/mol. The molecule has 0 bridgehead atoms. The van der Waals surface area contributed by atoms with Crippen LogP contribution in [0.25, 0.3) is 0 Å². The first-order valence-electron chi connectivity index (χ1n) is 8.43. The van der Waals surface area contributed by atoms with Gasteiger partial charge in [0.25, 0.3) is 5.91 Å². The number of carbonyl (C=O) groups excluding carboxylic acids is 1. The van der Waals surface area contributed by atoms with Crippen LogP contribution < -0.4 is 5.32 Å². The van der Waals surface area contributed by atoms with Crippen LogP contribution in [0.2, 0.25) is 0 Å². The van der Waals surface area contributed by atoms with Gasteiger partial charge in [0.15, 0.2) is 0 Å². The van der Waals surface area contributed by atoms with Crippen LogP contribution in [-0.4, -0.2) is 31.7 Å². The number of nitrogens with one attached hydrogen (secondary N) is 1. The summed E-state index contributed by atoms with van der Waals surface area (Å²) in [6.07, 6.45) is 2.84. The second-order valence-electron chi connectivity index (χ2n) is 6.20.